The van der Waals surface area contributed by atoms with Gasteiger partial charge in [-0.2, -0.15) is 0 Å². The standard InChI is InChI=1S/C19H14BrNO6S/c1-26-19(23)14-4-2-3-5-15(14)21-18(22)16-10-11-17(27-16)28(24,25)13-8-6-12(20)7-9-13/h2-11H,1H3,(H,21,22). The van der Waals surface area contributed by atoms with Crippen molar-refractivity contribution in [3.63, 3.8) is 0 Å². The maximum absolute atomic E-state index is 12.6. The van der Waals surface area contributed by atoms with E-state index in [2.05, 4.69) is 26.0 Å². The number of esters is 1. The van der Waals surface area contributed by atoms with Gasteiger partial charge in [0.05, 0.1) is 23.3 Å². The van der Waals surface area contributed by atoms with Crippen LogP contribution in [-0.2, 0) is 14.6 Å². The number of nitrogens with one attached hydrogen (secondary N) is 1. The molecule has 0 spiro atoms. The lowest BCUT2D eigenvalue weighted by Crippen LogP contribution is -2.14. The first-order chi connectivity index (χ1) is 13.3. The number of rotatable bonds is 5. The number of amides is 1. The maximum atomic E-state index is 12.6. The number of carbonyl (C=O) groups excluding carboxylic acids is 2. The van der Waals surface area contributed by atoms with E-state index in [0.29, 0.717) is 0 Å². The predicted octanol–water partition coefficient (Wildman–Crippen LogP) is 3.91. The molecule has 0 atom stereocenters. The highest BCUT2D eigenvalue weighted by Gasteiger charge is 2.24. The van der Waals surface area contributed by atoms with Crippen LogP contribution in [0.1, 0.15) is 20.9 Å². The Labute approximate surface area is 169 Å². The van der Waals surface area contributed by atoms with Gasteiger partial charge in [-0.25, -0.2) is 13.2 Å². The van der Waals surface area contributed by atoms with Crippen molar-refractivity contribution in [1.29, 1.82) is 0 Å². The molecule has 1 aromatic heterocycles. The lowest BCUT2D eigenvalue weighted by atomic mass is 10.2. The largest absolute Gasteiger partial charge is 0.465 e. The van der Waals surface area contributed by atoms with E-state index < -0.39 is 21.7 Å². The molecule has 0 aliphatic carbocycles. The summed E-state index contributed by atoms with van der Waals surface area (Å²) in [5.41, 5.74) is 0.376. The monoisotopic (exact) mass is 463 g/mol. The Morgan fingerprint density at radius 1 is 1.00 bits per heavy atom. The van der Waals surface area contributed by atoms with Gasteiger partial charge in [-0.3, -0.25) is 4.79 Å². The number of sulfone groups is 1. The average Bonchev–Trinajstić information content (AvgIpc) is 3.19. The van der Waals surface area contributed by atoms with Gasteiger partial charge < -0.3 is 14.5 Å². The van der Waals surface area contributed by atoms with Crippen LogP contribution in [0.3, 0.4) is 0 Å². The Kier molecular flexibility index (Phi) is 5.66. The Balaban J connectivity index is 1.86. The molecular weight excluding hydrogens is 450 g/mol. The number of hydrogen-bond donors (Lipinski definition) is 1. The quantitative estimate of drug-likeness (QED) is 0.575. The molecule has 28 heavy (non-hydrogen) atoms. The van der Waals surface area contributed by atoms with E-state index in [1.165, 1.54) is 43.5 Å². The third kappa shape index (κ3) is 4.00. The number of para-hydroxylation sites is 1. The van der Waals surface area contributed by atoms with Gasteiger partial charge in [0.2, 0.25) is 14.9 Å². The predicted molar refractivity (Wildman–Crippen MR) is 104 cm³/mol. The van der Waals surface area contributed by atoms with Crippen molar-refractivity contribution in [1.82, 2.24) is 0 Å². The fraction of sp³-hybridized carbons (Fsp3) is 0.0526. The molecule has 0 saturated heterocycles. The fourth-order valence-corrected chi connectivity index (χ4v) is 3.82. The molecule has 1 N–H and O–H groups in total. The molecule has 0 bridgehead atoms. The first-order valence-electron chi connectivity index (χ1n) is 7.92. The second-order valence-electron chi connectivity index (χ2n) is 5.57. The van der Waals surface area contributed by atoms with Crippen LogP contribution in [0.4, 0.5) is 5.69 Å². The van der Waals surface area contributed by atoms with E-state index in [9.17, 15) is 18.0 Å². The van der Waals surface area contributed by atoms with Crippen molar-refractivity contribution in [3.05, 3.63) is 76.5 Å². The summed E-state index contributed by atoms with van der Waals surface area (Å²) in [6, 6.07) is 14.8. The van der Waals surface area contributed by atoms with E-state index in [1.807, 2.05) is 0 Å². The molecule has 144 valence electrons. The van der Waals surface area contributed by atoms with Crippen LogP contribution in [0.2, 0.25) is 0 Å². The third-order valence-corrected chi connectivity index (χ3v) is 5.95. The van der Waals surface area contributed by atoms with E-state index in [0.717, 1.165) is 4.47 Å². The molecule has 3 aromatic rings. The van der Waals surface area contributed by atoms with Gasteiger partial charge in [0.1, 0.15) is 0 Å². The normalized spacial score (nSPS) is 11.1. The van der Waals surface area contributed by atoms with Gasteiger partial charge in [0.25, 0.3) is 5.91 Å². The summed E-state index contributed by atoms with van der Waals surface area (Å²) in [4.78, 5) is 24.3. The summed E-state index contributed by atoms with van der Waals surface area (Å²) in [6.07, 6.45) is 0. The van der Waals surface area contributed by atoms with Crippen molar-refractivity contribution in [3.8, 4) is 0 Å². The smallest absolute Gasteiger partial charge is 0.339 e. The zero-order valence-electron chi connectivity index (χ0n) is 14.5. The van der Waals surface area contributed by atoms with Crippen molar-refractivity contribution in [2.75, 3.05) is 12.4 Å². The minimum Gasteiger partial charge on any atom is -0.465 e. The molecule has 0 fully saturated rings. The first kappa shape index (κ1) is 19.8. The van der Waals surface area contributed by atoms with Crippen LogP contribution in [0.15, 0.2) is 79.5 Å². The van der Waals surface area contributed by atoms with Crippen LogP contribution >= 0.6 is 15.9 Å². The molecular formula is C19H14BrNO6S. The minimum absolute atomic E-state index is 0.0352. The zero-order valence-corrected chi connectivity index (χ0v) is 16.9. The number of halogens is 1. The van der Waals surface area contributed by atoms with E-state index in [4.69, 9.17) is 4.42 Å². The van der Waals surface area contributed by atoms with Gasteiger partial charge in [-0.15, -0.1) is 0 Å². The van der Waals surface area contributed by atoms with Crippen LogP contribution in [0.5, 0.6) is 0 Å². The number of furan rings is 1. The van der Waals surface area contributed by atoms with Gasteiger partial charge >= 0.3 is 5.97 Å². The zero-order chi connectivity index (χ0) is 20.3. The van der Waals surface area contributed by atoms with Gasteiger partial charge in [0.15, 0.2) is 5.76 Å². The second kappa shape index (κ2) is 7.99. The molecule has 0 radical (unpaired) electrons. The molecule has 1 heterocycles. The molecule has 9 heteroatoms. The topological polar surface area (TPSA) is 103 Å². The molecule has 2 aromatic carbocycles. The fourth-order valence-electron chi connectivity index (χ4n) is 2.38. The summed E-state index contributed by atoms with van der Waals surface area (Å²) in [5.74, 6) is -1.53. The van der Waals surface area contributed by atoms with E-state index in [-0.39, 0.29) is 27.0 Å². The lowest BCUT2D eigenvalue weighted by Gasteiger charge is -2.08. The molecule has 3 rings (SSSR count). The summed E-state index contributed by atoms with van der Waals surface area (Å²) < 4.78 is 35.9. The minimum atomic E-state index is -3.91. The number of anilines is 1. The summed E-state index contributed by atoms with van der Waals surface area (Å²) in [5, 5.41) is 2.16. The third-order valence-electron chi connectivity index (χ3n) is 3.77. The average molecular weight is 464 g/mol. The molecule has 0 aliphatic heterocycles. The number of methoxy groups -OCH3 is 1. The van der Waals surface area contributed by atoms with Crippen LogP contribution in [0.25, 0.3) is 0 Å². The number of benzene rings is 2. The van der Waals surface area contributed by atoms with Gasteiger partial charge in [-0.05, 0) is 48.5 Å². The van der Waals surface area contributed by atoms with Crippen molar-refractivity contribution < 1.29 is 27.2 Å². The van der Waals surface area contributed by atoms with E-state index >= 15 is 0 Å². The van der Waals surface area contributed by atoms with Crippen molar-refractivity contribution >= 4 is 43.3 Å². The lowest BCUT2D eigenvalue weighted by molar-refractivity contribution is 0.0602. The van der Waals surface area contributed by atoms with Gasteiger partial charge in [0, 0.05) is 4.47 Å². The number of carbonyl (C=O) groups is 2. The van der Waals surface area contributed by atoms with Crippen LogP contribution in [-0.4, -0.2) is 27.4 Å². The summed E-state index contributed by atoms with van der Waals surface area (Å²) >= 11 is 3.24. The summed E-state index contributed by atoms with van der Waals surface area (Å²) in [7, 11) is -2.68. The van der Waals surface area contributed by atoms with Crippen LogP contribution in [0, 0.1) is 0 Å². The number of hydrogen-bond acceptors (Lipinski definition) is 6. The van der Waals surface area contributed by atoms with E-state index in [1.54, 1.807) is 24.3 Å². The Hall–Kier alpha value is -2.91. The van der Waals surface area contributed by atoms with Crippen molar-refractivity contribution in [2.24, 2.45) is 0 Å². The number of ether oxygens (including phenoxy) is 1. The Morgan fingerprint density at radius 3 is 2.36 bits per heavy atom. The molecule has 0 aliphatic rings. The molecule has 7 nitrogen and oxygen atoms in total. The molecule has 0 saturated carbocycles. The highest BCUT2D eigenvalue weighted by atomic mass is 79.9. The molecule has 0 unspecified atom stereocenters. The second-order valence-corrected chi connectivity index (χ2v) is 8.36. The highest BCUT2D eigenvalue weighted by molar-refractivity contribution is 9.10. The maximum Gasteiger partial charge on any atom is 0.339 e. The SMILES string of the molecule is COC(=O)c1ccccc1NC(=O)c1ccc(S(=O)(=O)c2ccc(Br)cc2)o1. The first-order valence-corrected chi connectivity index (χ1v) is 10.2. The summed E-state index contributed by atoms with van der Waals surface area (Å²) in [6.45, 7) is 0. The van der Waals surface area contributed by atoms with Crippen LogP contribution < -0.4 is 5.32 Å². The van der Waals surface area contributed by atoms with Crippen molar-refractivity contribution in [2.45, 2.75) is 9.99 Å². The Bertz CT molecular complexity index is 1140. The highest BCUT2D eigenvalue weighted by Crippen LogP contribution is 2.25. The van der Waals surface area contributed by atoms with Gasteiger partial charge in [-0.1, -0.05) is 28.1 Å². The molecule has 1 amide bonds. The Morgan fingerprint density at radius 2 is 1.68 bits per heavy atom.